The van der Waals surface area contributed by atoms with E-state index in [1.807, 2.05) is 30.3 Å². The molecule has 20 heavy (non-hydrogen) atoms. The van der Waals surface area contributed by atoms with Crippen LogP contribution in [-0.2, 0) is 16.6 Å². The molecule has 0 radical (unpaired) electrons. The number of hydrogen-bond acceptors (Lipinski definition) is 3. The number of benzene rings is 1. The fourth-order valence-electron chi connectivity index (χ4n) is 2.31. The first-order valence-corrected chi connectivity index (χ1v) is 6.36. The fourth-order valence-corrected chi connectivity index (χ4v) is 2.31. The van der Waals surface area contributed by atoms with E-state index in [0.717, 1.165) is 10.9 Å². The van der Waals surface area contributed by atoms with Crippen LogP contribution in [0.4, 0.5) is 0 Å². The Morgan fingerprint density at radius 1 is 1.40 bits per heavy atom. The van der Waals surface area contributed by atoms with E-state index >= 15 is 0 Å². The van der Waals surface area contributed by atoms with Gasteiger partial charge in [-0.25, -0.2) is 0 Å². The van der Waals surface area contributed by atoms with Gasteiger partial charge in [-0.15, -0.1) is 0 Å². The van der Waals surface area contributed by atoms with Crippen LogP contribution < -0.4 is 10.9 Å². The topological polar surface area (TPSA) is 68.2 Å². The van der Waals surface area contributed by atoms with Crippen LogP contribution in [0, 0.1) is 0 Å². The van der Waals surface area contributed by atoms with Gasteiger partial charge in [0.05, 0.1) is 5.52 Å². The molecular weight excluding hydrogens is 256 g/mol. The van der Waals surface area contributed by atoms with Crippen LogP contribution in [0.5, 0.6) is 0 Å². The molecule has 0 saturated heterocycles. The number of aromatic nitrogens is 1. The van der Waals surface area contributed by atoms with E-state index in [9.17, 15) is 14.4 Å². The third-order valence-corrected chi connectivity index (χ3v) is 3.40. The number of para-hydroxylation sites is 1. The Morgan fingerprint density at radius 2 is 2.10 bits per heavy atom. The predicted octanol–water partition coefficient (Wildman–Crippen LogP) is 1.30. The summed E-state index contributed by atoms with van der Waals surface area (Å²) in [6.45, 7) is 1.80. The van der Waals surface area contributed by atoms with Gasteiger partial charge in [0.15, 0.2) is 0 Å². The second-order valence-electron chi connectivity index (χ2n) is 4.81. The monoisotopic (exact) mass is 272 g/mol. The molecule has 1 N–H and O–H groups in total. The first-order valence-electron chi connectivity index (χ1n) is 6.36. The van der Waals surface area contributed by atoms with Gasteiger partial charge in [-0.2, -0.15) is 0 Å². The van der Waals surface area contributed by atoms with Crippen LogP contribution in [0.2, 0.25) is 0 Å². The van der Waals surface area contributed by atoms with E-state index in [4.69, 9.17) is 0 Å². The minimum Gasteiger partial charge on any atom is -0.311 e. The molecule has 2 rings (SSSR count). The Kier molecular flexibility index (Phi) is 3.98. The Bertz CT molecular complexity index is 719. The van der Waals surface area contributed by atoms with E-state index in [2.05, 4.69) is 5.32 Å². The van der Waals surface area contributed by atoms with Crippen molar-refractivity contribution >= 4 is 23.2 Å². The highest BCUT2D eigenvalue weighted by molar-refractivity contribution is 5.86. The Hall–Kier alpha value is -2.43. The number of hydrogen-bond donors (Lipinski definition) is 1. The molecule has 104 valence electrons. The Morgan fingerprint density at radius 3 is 2.80 bits per heavy atom. The molecule has 1 unspecified atom stereocenters. The van der Waals surface area contributed by atoms with Crippen LogP contribution in [0.25, 0.3) is 10.9 Å². The molecule has 0 fully saturated rings. The predicted molar refractivity (Wildman–Crippen MR) is 76.4 cm³/mol. The van der Waals surface area contributed by atoms with Crippen molar-refractivity contribution < 1.29 is 9.59 Å². The number of nitrogens with zero attached hydrogens (tertiary/aromatic N) is 1. The Balaban J connectivity index is 2.44. The SMILES string of the molecule is CC(CC(=O)NC=O)c1cc2ccccc2n(C)c1=O. The Labute approximate surface area is 116 Å². The number of aryl methyl sites for hydroxylation is 1. The van der Waals surface area contributed by atoms with Gasteiger partial charge >= 0.3 is 0 Å². The van der Waals surface area contributed by atoms with Crippen LogP contribution in [0.1, 0.15) is 24.8 Å². The molecule has 5 nitrogen and oxygen atoms in total. The summed E-state index contributed by atoms with van der Waals surface area (Å²) < 4.78 is 1.58. The fraction of sp³-hybridized carbons (Fsp3) is 0.267. The third kappa shape index (κ3) is 2.61. The zero-order chi connectivity index (χ0) is 14.7. The second-order valence-corrected chi connectivity index (χ2v) is 4.81. The number of carbonyl (C=O) groups is 2. The number of nitrogens with one attached hydrogen (secondary N) is 1. The van der Waals surface area contributed by atoms with Crippen LogP contribution in [0.15, 0.2) is 35.1 Å². The van der Waals surface area contributed by atoms with Crippen LogP contribution in [-0.4, -0.2) is 16.9 Å². The summed E-state index contributed by atoms with van der Waals surface area (Å²) >= 11 is 0. The maximum atomic E-state index is 12.3. The quantitative estimate of drug-likeness (QED) is 0.853. The van der Waals surface area contributed by atoms with Crippen LogP contribution in [0.3, 0.4) is 0 Å². The van der Waals surface area contributed by atoms with Gasteiger partial charge in [-0.1, -0.05) is 25.1 Å². The maximum Gasteiger partial charge on any atom is 0.254 e. The highest BCUT2D eigenvalue weighted by Crippen LogP contribution is 2.20. The normalized spacial score (nSPS) is 12.1. The first kappa shape index (κ1) is 14.0. The van der Waals surface area contributed by atoms with E-state index < -0.39 is 0 Å². The molecule has 2 amide bonds. The molecule has 0 aliphatic rings. The first-order chi connectivity index (χ1) is 9.54. The summed E-state index contributed by atoms with van der Waals surface area (Å²) in [5.41, 5.74) is 1.31. The minimum absolute atomic E-state index is 0.103. The molecular formula is C15H16N2O3. The molecule has 1 atom stereocenters. The van der Waals surface area contributed by atoms with Crippen molar-refractivity contribution in [2.75, 3.05) is 0 Å². The lowest BCUT2D eigenvalue weighted by Gasteiger charge is -2.13. The lowest BCUT2D eigenvalue weighted by molar-refractivity contribution is -0.125. The molecule has 0 aliphatic heterocycles. The van der Waals surface area contributed by atoms with E-state index in [-0.39, 0.29) is 23.8 Å². The molecule has 0 spiro atoms. The minimum atomic E-state index is -0.386. The molecule has 1 heterocycles. The number of imide groups is 1. The molecule has 2 aromatic rings. The van der Waals surface area contributed by atoms with Gasteiger partial charge in [0, 0.05) is 19.0 Å². The summed E-state index contributed by atoms with van der Waals surface area (Å²) in [5.74, 6) is -0.638. The lowest BCUT2D eigenvalue weighted by Crippen LogP contribution is -2.27. The maximum absolute atomic E-state index is 12.3. The number of pyridine rings is 1. The van der Waals surface area contributed by atoms with Gasteiger partial charge in [0.25, 0.3) is 5.56 Å². The summed E-state index contributed by atoms with van der Waals surface area (Å²) in [6.07, 6.45) is 0.458. The second kappa shape index (κ2) is 5.69. The highest BCUT2D eigenvalue weighted by atomic mass is 16.2. The smallest absolute Gasteiger partial charge is 0.254 e. The highest BCUT2D eigenvalue weighted by Gasteiger charge is 2.16. The van der Waals surface area contributed by atoms with Crippen molar-refractivity contribution in [1.82, 2.24) is 9.88 Å². The average molecular weight is 272 g/mol. The molecule has 0 bridgehead atoms. The lowest BCUT2D eigenvalue weighted by atomic mass is 9.97. The summed E-state index contributed by atoms with van der Waals surface area (Å²) in [5, 5.41) is 3.04. The van der Waals surface area contributed by atoms with Crippen molar-refractivity contribution in [1.29, 1.82) is 0 Å². The van der Waals surface area contributed by atoms with Crippen molar-refractivity contribution in [3.8, 4) is 0 Å². The number of fused-ring (bicyclic) bond motifs is 1. The van der Waals surface area contributed by atoms with Crippen molar-refractivity contribution in [2.24, 2.45) is 7.05 Å². The van der Waals surface area contributed by atoms with Gasteiger partial charge in [0.2, 0.25) is 12.3 Å². The number of carbonyl (C=O) groups excluding carboxylic acids is 2. The van der Waals surface area contributed by atoms with E-state index in [1.165, 1.54) is 0 Å². The zero-order valence-corrected chi connectivity index (χ0v) is 11.4. The molecule has 5 heteroatoms. The standard InChI is InChI=1S/C15H16N2O3/c1-10(7-14(19)16-9-18)12-8-11-5-3-4-6-13(11)17(2)15(12)20/h3-6,8-10H,7H2,1-2H3,(H,16,18,19). The molecule has 1 aromatic heterocycles. The van der Waals surface area contributed by atoms with Crippen molar-refractivity contribution in [3.63, 3.8) is 0 Å². The zero-order valence-electron chi connectivity index (χ0n) is 11.4. The van der Waals surface area contributed by atoms with E-state index in [1.54, 1.807) is 18.5 Å². The summed E-state index contributed by atoms with van der Waals surface area (Å²) in [6, 6.07) is 9.40. The molecule has 0 aliphatic carbocycles. The van der Waals surface area contributed by atoms with Crippen molar-refractivity contribution in [3.05, 3.63) is 46.2 Å². The van der Waals surface area contributed by atoms with Crippen LogP contribution >= 0.6 is 0 Å². The third-order valence-electron chi connectivity index (χ3n) is 3.40. The van der Waals surface area contributed by atoms with Gasteiger partial charge in [-0.05, 0) is 23.4 Å². The largest absolute Gasteiger partial charge is 0.311 e. The van der Waals surface area contributed by atoms with Gasteiger partial charge < -0.3 is 4.57 Å². The molecule has 1 aromatic carbocycles. The number of rotatable bonds is 4. The average Bonchev–Trinajstić information content (AvgIpc) is 2.43. The van der Waals surface area contributed by atoms with Gasteiger partial charge in [0.1, 0.15) is 0 Å². The molecule has 0 saturated carbocycles. The summed E-state index contributed by atoms with van der Waals surface area (Å²) in [4.78, 5) is 34.0. The van der Waals surface area contributed by atoms with Crippen molar-refractivity contribution in [2.45, 2.75) is 19.3 Å². The number of amides is 2. The van der Waals surface area contributed by atoms with E-state index in [0.29, 0.717) is 12.0 Å². The van der Waals surface area contributed by atoms with Gasteiger partial charge in [-0.3, -0.25) is 19.7 Å². The summed E-state index contributed by atoms with van der Waals surface area (Å²) in [7, 11) is 1.71.